The lowest BCUT2D eigenvalue weighted by Gasteiger charge is -2.31. The lowest BCUT2D eigenvalue weighted by Crippen LogP contribution is -2.39. The topological polar surface area (TPSA) is 68.5 Å². The third-order valence-electron chi connectivity index (χ3n) is 4.39. The van der Waals surface area contributed by atoms with Crippen LogP contribution < -0.4 is 0 Å². The van der Waals surface area contributed by atoms with Gasteiger partial charge in [-0.2, -0.15) is 4.98 Å². The van der Waals surface area contributed by atoms with Crippen LogP contribution in [0.1, 0.15) is 56.2 Å². The van der Waals surface area contributed by atoms with Gasteiger partial charge in [0, 0.05) is 39.0 Å². The first kappa shape index (κ1) is 14.5. The van der Waals surface area contributed by atoms with Crippen molar-refractivity contribution in [3.63, 3.8) is 0 Å². The molecule has 6 heteroatoms. The highest BCUT2D eigenvalue weighted by Crippen LogP contribution is 2.26. The van der Waals surface area contributed by atoms with Crippen molar-refractivity contribution in [1.29, 1.82) is 0 Å². The molecular weight excluding hydrogens is 270 g/mol. The number of ether oxygens (including phenoxy) is 1. The molecule has 116 valence electrons. The van der Waals surface area contributed by atoms with Gasteiger partial charge in [-0.1, -0.05) is 5.16 Å². The summed E-state index contributed by atoms with van der Waals surface area (Å²) in [7, 11) is 0. The van der Waals surface area contributed by atoms with Crippen molar-refractivity contribution in [2.24, 2.45) is 0 Å². The largest absolute Gasteiger partial charge is 0.378 e. The summed E-state index contributed by atoms with van der Waals surface area (Å²) in [5.41, 5.74) is 0. The zero-order valence-electron chi connectivity index (χ0n) is 12.6. The van der Waals surface area contributed by atoms with Gasteiger partial charge >= 0.3 is 0 Å². The predicted molar refractivity (Wildman–Crippen MR) is 75.8 cm³/mol. The minimum Gasteiger partial charge on any atom is -0.378 e. The van der Waals surface area contributed by atoms with Gasteiger partial charge in [0.2, 0.25) is 11.8 Å². The molecule has 6 nitrogen and oxygen atoms in total. The van der Waals surface area contributed by atoms with Gasteiger partial charge in [-0.25, -0.2) is 0 Å². The van der Waals surface area contributed by atoms with Crippen LogP contribution in [0, 0.1) is 6.92 Å². The van der Waals surface area contributed by atoms with Gasteiger partial charge in [0.05, 0.1) is 6.10 Å². The molecule has 0 aliphatic carbocycles. The summed E-state index contributed by atoms with van der Waals surface area (Å²) in [6, 6.07) is 0. The number of nitrogens with zero attached hydrogens (tertiary/aromatic N) is 3. The molecule has 1 aromatic heterocycles. The molecule has 1 aromatic rings. The van der Waals surface area contributed by atoms with E-state index in [-0.39, 0.29) is 17.9 Å². The highest BCUT2D eigenvalue weighted by atomic mass is 16.5. The second-order valence-electron chi connectivity index (χ2n) is 6.02. The first-order chi connectivity index (χ1) is 10.2. The number of hydrogen-bond acceptors (Lipinski definition) is 5. The van der Waals surface area contributed by atoms with Crippen molar-refractivity contribution in [3.05, 3.63) is 11.7 Å². The van der Waals surface area contributed by atoms with Crippen molar-refractivity contribution in [3.8, 4) is 0 Å². The van der Waals surface area contributed by atoms with E-state index in [0.29, 0.717) is 18.9 Å². The Kier molecular flexibility index (Phi) is 4.53. The van der Waals surface area contributed by atoms with Gasteiger partial charge in [-0.15, -0.1) is 0 Å². The summed E-state index contributed by atoms with van der Waals surface area (Å²) in [5.74, 6) is 1.77. The van der Waals surface area contributed by atoms with Gasteiger partial charge in [0.15, 0.2) is 5.82 Å². The zero-order valence-corrected chi connectivity index (χ0v) is 12.6. The number of aromatic nitrogens is 2. The molecule has 0 spiro atoms. The van der Waals surface area contributed by atoms with E-state index in [0.717, 1.165) is 51.1 Å². The molecule has 3 heterocycles. The molecule has 2 saturated heterocycles. The first-order valence-corrected chi connectivity index (χ1v) is 7.92. The van der Waals surface area contributed by atoms with Crippen molar-refractivity contribution in [2.45, 2.75) is 57.5 Å². The lowest BCUT2D eigenvalue weighted by molar-refractivity contribution is -0.133. The summed E-state index contributed by atoms with van der Waals surface area (Å²) in [6.45, 7) is 4.20. The Morgan fingerprint density at radius 2 is 2.29 bits per heavy atom. The standard InChI is InChI=1S/C15H23N3O3/c1-11-16-15(17-21-11)12-4-2-8-18(10-12)14(19)7-6-13-5-3-9-20-13/h12-13H,2-10H2,1H3/t12-,13-/m0/s1. The molecule has 21 heavy (non-hydrogen) atoms. The molecule has 2 aliphatic heterocycles. The van der Waals surface area contributed by atoms with E-state index >= 15 is 0 Å². The molecule has 2 fully saturated rings. The van der Waals surface area contributed by atoms with E-state index in [1.54, 1.807) is 6.92 Å². The molecule has 0 N–H and O–H groups in total. The average Bonchev–Trinajstić information content (AvgIpc) is 3.16. The monoisotopic (exact) mass is 293 g/mol. The maximum absolute atomic E-state index is 12.3. The Balaban J connectivity index is 1.51. The third-order valence-corrected chi connectivity index (χ3v) is 4.39. The van der Waals surface area contributed by atoms with Crippen LogP contribution in [0.5, 0.6) is 0 Å². The zero-order chi connectivity index (χ0) is 14.7. The van der Waals surface area contributed by atoms with Crippen LogP contribution in [0.4, 0.5) is 0 Å². The fourth-order valence-corrected chi connectivity index (χ4v) is 3.21. The Morgan fingerprint density at radius 1 is 1.38 bits per heavy atom. The van der Waals surface area contributed by atoms with Crippen LogP contribution in [0.15, 0.2) is 4.52 Å². The number of piperidine rings is 1. The quantitative estimate of drug-likeness (QED) is 0.849. The van der Waals surface area contributed by atoms with Gasteiger partial charge in [0.1, 0.15) is 0 Å². The number of likely N-dealkylation sites (tertiary alicyclic amines) is 1. The molecule has 0 bridgehead atoms. The summed E-state index contributed by atoms with van der Waals surface area (Å²) in [4.78, 5) is 18.6. The van der Waals surface area contributed by atoms with Crippen LogP contribution in [0.2, 0.25) is 0 Å². The Labute approximate surface area is 124 Å². The second-order valence-corrected chi connectivity index (χ2v) is 6.02. The lowest BCUT2D eigenvalue weighted by atomic mass is 9.97. The number of rotatable bonds is 4. The minimum absolute atomic E-state index is 0.211. The minimum atomic E-state index is 0.211. The Hall–Kier alpha value is -1.43. The number of hydrogen-bond donors (Lipinski definition) is 0. The number of carbonyl (C=O) groups excluding carboxylic acids is 1. The molecular formula is C15H23N3O3. The highest BCUT2D eigenvalue weighted by molar-refractivity contribution is 5.76. The summed E-state index contributed by atoms with van der Waals surface area (Å²) < 4.78 is 10.6. The van der Waals surface area contributed by atoms with Crippen molar-refractivity contribution in [1.82, 2.24) is 15.0 Å². The van der Waals surface area contributed by atoms with E-state index in [9.17, 15) is 4.79 Å². The normalized spacial score (nSPS) is 26.2. The van der Waals surface area contributed by atoms with Crippen LogP contribution >= 0.6 is 0 Å². The maximum Gasteiger partial charge on any atom is 0.223 e. The summed E-state index contributed by atoms with van der Waals surface area (Å²) in [6.07, 6.45) is 5.97. The van der Waals surface area contributed by atoms with E-state index in [1.807, 2.05) is 4.90 Å². The van der Waals surface area contributed by atoms with Crippen LogP contribution in [-0.4, -0.2) is 46.7 Å². The second kappa shape index (κ2) is 6.56. The van der Waals surface area contributed by atoms with E-state index in [1.165, 1.54) is 0 Å². The van der Waals surface area contributed by atoms with E-state index < -0.39 is 0 Å². The number of aryl methyl sites for hydroxylation is 1. The summed E-state index contributed by atoms with van der Waals surface area (Å²) >= 11 is 0. The molecule has 2 aliphatic rings. The number of amides is 1. The fourth-order valence-electron chi connectivity index (χ4n) is 3.21. The van der Waals surface area contributed by atoms with Crippen LogP contribution in [0.25, 0.3) is 0 Å². The SMILES string of the molecule is Cc1nc([C@H]2CCCN(C(=O)CC[C@@H]3CCCO3)C2)no1. The smallest absolute Gasteiger partial charge is 0.223 e. The van der Waals surface area contributed by atoms with Crippen molar-refractivity contribution >= 4 is 5.91 Å². The van der Waals surface area contributed by atoms with Gasteiger partial charge in [0.25, 0.3) is 0 Å². The fraction of sp³-hybridized carbons (Fsp3) is 0.800. The molecule has 1 amide bonds. The number of carbonyl (C=O) groups is 1. The molecule has 0 unspecified atom stereocenters. The molecule has 2 atom stereocenters. The van der Waals surface area contributed by atoms with Gasteiger partial charge in [-0.3, -0.25) is 4.79 Å². The van der Waals surface area contributed by atoms with Crippen LogP contribution in [-0.2, 0) is 9.53 Å². The highest BCUT2D eigenvalue weighted by Gasteiger charge is 2.28. The maximum atomic E-state index is 12.3. The predicted octanol–water partition coefficient (Wildman–Crippen LogP) is 2.04. The molecule has 0 saturated carbocycles. The average molecular weight is 293 g/mol. The van der Waals surface area contributed by atoms with E-state index in [2.05, 4.69) is 10.1 Å². The van der Waals surface area contributed by atoms with Crippen LogP contribution in [0.3, 0.4) is 0 Å². The molecule has 3 rings (SSSR count). The Bertz CT molecular complexity index is 482. The van der Waals surface area contributed by atoms with Gasteiger partial charge in [-0.05, 0) is 32.1 Å². The van der Waals surface area contributed by atoms with Gasteiger partial charge < -0.3 is 14.2 Å². The molecule has 0 aromatic carbocycles. The Morgan fingerprint density at radius 3 is 3.00 bits per heavy atom. The third kappa shape index (κ3) is 3.61. The first-order valence-electron chi connectivity index (χ1n) is 7.92. The van der Waals surface area contributed by atoms with Crippen molar-refractivity contribution < 1.29 is 14.1 Å². The molecule has 0 radical (unpaired) electrons. The van der Waals surface area contributed by atoms with E-state index in [4.69, 9.17) is 9.26 Å². The van der Waals surface area contributed by atoms with Crippen molar-refractivity contribution in [2.75, 3.05) is 19.7 Å². The summed E-state index contributed by atoms with van der Waals surface area (Å²) in [5, 5.41) is 4.00.